The van der Waals surface area contributed by atoms with Gasteiger partial charge in [0.1, 0.15) is 0 Å². The molecule has 27 heavy (non-hydrogen) atoms. The van der Waals surface area contributed by atoms with Gasteiger partial charge in [0, 0.05) is 30.5 Å². The summed E-state index contributed by atoms with van der Waals surface area (Å²) in [7, 11) is 0. The van der Waals surface area contributed by atoms with Crippen molar-refractivity contribution in [3.8, 4) is 17.0 Å². The van der Waals surface area contributed by atoms with Crippen LogP contribution in [0.2, 0.25) is 0 Å². The SMILES string of the molecule is Cc1ccc(OC(=O)N2CCC(n3ccc(-c4ccccc4)n3)CC2)cn1. The van der Waals surface area contributed by atoms with Gasteiger partial charge in [0.15, 0.2) is 5.75 Å². The molecule has 1 aromatic carbocycles. The molecule has 0 N–H and O–H groups in total. The second-order valence-electron chi connectivity index (χ2n) is 6.77. The van der Waals surface area contributed by atoms with Crippen LogP contribution in [-0.4, -0.2) is 38.8 Å². The molecular formula is C21H22N4O2. The van der Waals surface area contributed by atoms with Gasteiger partial charge in [0.05, 0.1) is 17.9 Å². The first-order valence-corrected chi connectivity index (χ1v) is 9.19. The minimum Gasteiger partial charge on any atom is -0.409 e. The Morgan fingerprint density at radius 1 is 1.07 bits per heavy atom. The van der Waals surface area contributed by atoms with Crippen LogP contribution in [0.5, 0.6) is 5.75 Å². The number of carbonyl (C=O) groups is 1. The molecule has 3 heterocycles. The lowest BCUT2D eigenvalue weighted by Crippen LogP contribution is -2.40. The second kappa shape index (κ2) is 7.61. The first kappa shape index (κ1) is 17.3. The lowest BCUT2D eigenvalue weighted by molar-refractivity contribution is 0.130. The number of aromatic nitrogens is 3. The van der Waals surface area contributed by atoms with E-state index in [1.165, 1.54) is 0 Å². The molecule has 0 bridgehead atoms. The molecule has 0 radical (unpaired) electrons. The van der Waals surface area contributed by atoms with Crippen molar-refractivity contribution in [2.24, 2.45) is 0 Å². The number of piperidine rings is 1. The molecule has 3 aromatic rings. The molecule has 6 heteroatoms. The van der Waals surface area contributed by atoms with Gasteiger partial charge in [-0.15, -0.1) is 0 Å². The summed E-state index contributed by atoms with van der Waals surface area (Å²) in [5.74, 6) is 0.479. The molecule has 1 aliphatic rings. The van der Waals surface area contributed by atoms with Gasteiger partial charge in [0.2, 0.25) is 0 Å². The van der Waals surface area contributed by atoms with Crippen LogP contribution in [0.25, 0.3) is 11.3 Å². The number of pyridine rings is 1. The van der Waals surface area contributed by atoms with Crippen molar-refractivity contribution in [3.05, 3.63) is 66.6 Å². The van der Waals surface area contributed by atoms with Crippen molar-refractivity contribution in [3.63, 3.8) is 0 Å². The third-order valence-electron chi connectivity index (χ3n) is 4.86. The third kappa shape index (κ3) is 4.00. The number of benzene rings is 1. The maximum atomic E-state index is 12.3. The summed E-state index contributed by atoms with van der Waals surface area (Å²) >= 11 is 0. The maximum Gasteiger partial charge on any atom is 0.415 e. The zero-order chi connectivity index (χ0) is 18.6. The van der Waals surface area contributed by atoms with Gasteiger partial charge in [-0.2, -0.15) is 5.10 Å². The quantitative estimate of drug-likeness (QED) is 0.704. The van der Waals surface area contributed by atoms with Gasteiger partial charge in [-0.25, -0.2) is 4.79 Å². The van der Waals surface area contributed by atoms with Gasteiger partial charge in [-0.05, 0) is 38.0 Å². The van der Waals surface area contributed by atoms with Crippen molar-refractivity contribution in [2.75, 3.05) is 13.1 Å². The van der Waals surface area contributed by atoms with E-state index in [0.717, 1.165) is 29.8 Å². The number of aryl methyl sites for hydroxylation is 1. The average Bonchev–Trinajstić information content (AvgIpc) is 3.21. The van der Waals surface area contributed by atoms with Crippen molar-refractivity contribution in [2.45, 2.75) is 25.8 Å². The Labute approximate surface area is 158 Å². The number of carbonyl (C=O) groups excluding carboxylic acids is 1. The fraction of sp³-hybridized carbons (Fsp3) is 0.286. The summed E-state index contributed by atoms with van der Waals surface area (Å²) in [6, 6.07) is 16.1. The van der Waals surface area contributed by atoms with Crippen LogP contribution in [0.1, 0.15) is 24.6 Å². The lowest BCUT2D eigenvalue weighted by atomic mass is 10.1. The number of nitrogens with zero attached hydrogens (tertiary/aromatic N) is 4. The van der Waals surface area contributed by atoms with Crippen LogP contribution < -0.4 is 4.74 Å². The number of amides is 1. The Hall–Kier alpha value is -3.15. The van der Waals surface area contributed by atoms with E-state index in [1.807, 2.05) is 48.1 Å². The highest BCUT2D eigenvalue weighted by molar-refractivity contribution is 5.70. The molecule has 0 spiro atoms. The Kier molecular flexibility index (Phi) is 4.87. The molecule has 1 amide bonds. The first-order valence-electron chi connectivity index (χ1n) is 9.19. The molecule has 0 unspecified atom stereocenters. The van der Waals surface area contributed by atoms with Gasteiger partial charge in [-0.1, -0.05) is 30.3 Å². The monoisotopic (exact) mass is 362 g/mol. The standard InChI is InChI=1S/C21H22N4O2/c1-16-7-8-19(15-22-16)27-21(26)24-12-9-18(10-13-24)25-14-11-20(23-25)17-5-3-2-4-6-17/h2-8,11,14-15,18H,9-10,12-13H2,1H3. The topological polar surface area (TPSA) is 60.2 Å². The van der Waals surface area contributed by atoms with Crippen LogP contribution in [-0.2, 0) is 0 Å². The average molecular weight is 362 g/mol. The minimum absolute atomic E-state index is 0.299. The van der Waals surface area contributed by atoms with Gasteiger partial charge < -0.3 is 9.64 Å². The van der Waals surface area contributed by atoms with Gasteiger partial charge >= 0.3 is 6.09 Å². The van der Waals surface area contributed by atoms with E-state index in [0.29, 0.717) is 24.9 Å². The lowest BCUT2D eigenvalue weighted by Gasteiger charge is -2.31. The molecule has 138 valence electrons. The van der Waals surface area contributed by atoms with Crippen molar-refractivity contribution < 1.29 is 9.53 Å². The number of likely N-dealkylation sites (tertiary alicyclic amines) is 1. The third-order valence-corrected chi connectivity index (χ3v) is 4.86. The van der Waals surface area contributed by atoms with Crippen LogP contribution >= 0.6 is 0 Å². The molecule has 0 atom stereocenters. The minimum atomic E-state index is -0.315. The molecule has 0 aliphatic carbocycles. The first-order chi connectivity index (χ1) is 13.2. The molecule has 4 rings (SSSR count). The Morgan fingerprint density at radius 3 is 2.56 bits per heavy atom. The fourth-order valence-corrected chi connectivity index (χ4v) is 3.30. The fourth-order valence-electron chi connectivity index (χ4n) is 3.30. The predicted octanol–water partition coefficient (Wildman–Crippen LogP) is 4.09. The van der Waals surface area contributed by atoms with Gasteiger partial charge in [-0.3, -0.25) is 9.67 Å². The highest BCUT2D eigenvalue weighted by Gasteiger charge is 2.25. The van der Waals surface area contributed by atoms with Crippen LogP contribution in [0.15, 0.2) is 60.9 Å². The van der Waals surface area contributed by atoms with Crippen LogP contribution in [0.3, 0.4) is 0 Å². The maximum absolute atomic E-state index is 12.3. The van der Waals surface area contributed by atoms with Crippen molar-refractivity contribution in [1.29, 1.82) is 0 Å². The Morgan fingerprint density at radius 2 is 1.85 bits per heavy atom. The number of hydrogen-bond donors (Lipinski definition) is 0. The van der Waals surface area contributed by atoms with Crippen molar-refractivity contribution in [1.82, 2.24) is 19.7 Å². The molecular weight excluding hydrogens is 340 g/mol. The molecule has 1 saturated heterocycles. The smallest absolute Gasteiger partial charge is 0.409 e. The largest absolute Gasteiger partial charge is 0.415 e. The predicted molar refractivity (Wildman–Crippen MR) is 103 cm³/mol. The molecule has 6 nitrogen and oxygen atoms in total. The number of rotatable bonds is 3. The molecule has 1 fully saturated rings. The number of ether oxygens (including phenoxy) is 1. The van der Waals surface area contributed by atoms with Gasteiger partial charge in [0.25, 0.3) is 0 Å². The molecule has 1 aliphatic heterocycles. The summed E-state index contributed by atoms with van der Waals surface area (Å²) < 4.78 is 7.44. The number of hydrogen-bond acceptors (Lipinski definition) is 4. The summed E-state index contributed by atoms with van der Waals surface area (Å²) in [5, 5.41) is 4.72. The highest BCUT2D eigenvalue weighted by atomic mass is 16.6. The van der Waals surface area contributed by atoms with E-state index < -0.39 is 0 Å². The zero-order valence-corrected chi connectivity index (χ0v) is 15.3. The summed E-state index contributed by atoms with van der Waals surface area (Å²) in [5.41, 5.74) is 2.98. The van der Waals surface area contributed by atoms with Crippen molar-refractivity contribution >= 4 is 6.09 Å². The normalized spacial score (nSPS) is 14.9. The van der Waals surface area contributed by atoms with E-state index in [2.05, 4.69) is 17.1 Å². The van der Waals surface area contributed by atoms with E-state index in [4.69, 9.17) is 9.84 Å². The second-order valence-corrected chi connectivity index (χ2v) is 6.77. The Bertz CT molecular complexity index is 897. The Balaban J connectivity index is 1.34. The summed E-state index contributed by atoms with van der Waals surface area (Å²) in [4.78, 5) is 18.2. The van der Waals surface area contributed by atoms with E-state index in [9.17, 15) is 4.79 Å². The zero-order valence-electron chi connectivity index (χ0n) is 15.3. The molecule has 2 aromatic heterocycles. The summed E-state index contributed by atoms with van der Waals surface area (Å²) in [6.45, 7) is 3.21. The molecule has 0 saturated carbocycles. The van der Waals surface area contributed by atoms with Crippen LogP contribution in [0, 0.1) is 6.92 Å². The van der Waals surface area contributed by atoms with Crippen LogP contribution in [0.4, 0.5) is 4.79 Å². The summed E-state index contributed by atoms with van der Waals surface area (Å²) in [6.07, 6.45) is 5.01. The van der Waals surface area contributed by atoms with E-state index >= 15 is 0 Å². The van der Waals surface area contributed by atoms with E-state index in [-0.39, 0.29) is 6.09 Å². The highest BCUT2D eigenvalue weighted by Crippen LogP contribution is 2.25. The van der Waals surface area contributed by atoms with E-state index in [1.54, 1.807) is 17.2 Å².